The molecule has 0 spiro atoms. The molecule has 1 saturated heterocycles. The maximum atomic E-state index is 9.86. The van der Waals surface area contributed by atoms with Gasteiger partial charge in [-0.15, -0.1) is 0 Å². The lowest BCUT2D eigenvalue weighted by Gasteiger charge is -2.25. The van der Waals surface area contributed by atoms with Crippen LogP contribution in [0, 0.1) is 0 Å². The molecule has 0 aliphatic carbocycles. The van der Waals surface area contributed by atoms with E-state index in [1.165, 1.54) is 70.6 Å². The summed E-state index contributed by atoms with van der Waals surface area (Å²) in [6, 6.07) is 0. The first-order valence-electron chi connectivity index (χ1n) is 11.4. The van der Waals surface area contributed by atoms with Gasteiger partial charge >= 0.3 is 0 Å². The minimum Gasteiger partial charge on any atom is -0.479 e. The number of aliphatic hydroxyl groups is 3. The Hall–Kier alpha value is -0.270. The highest BCUT2D eigenvalue weighted by Gasteiger charge is 2.41. The number of rotatable bonds is 17. The Morgan fingerprint density at radius 2 is 1.43 bits per heavy atom. The predicted molar refractivity (Wildman–Crippen MR) is 117 cm³/mol. The Balaban J connectivity index is 1.95. The summed E-state index contributed by atoms with van der Waals surface area (Å²) in [5.41, 5.74) is 0. The number of unbranched alkanes of at least 4 members (excludes halogenated alkanes) is 12. The van der Waals surface area contributed by atoms with Crippen LogP contribution in [0.15, 0.2) is 0 Å². The van der Waals surface area contributed by atoms with E-state index in [1.54, 1.807) is 0 Å². The molecule has 0 bridgehead atoms. The van der Waals surface area contributed by atoms with Gasteiger partial charge < -0.3 is 24.8 Å². The molecule has 1 heterocycles. The fourth-order valence-corrected chi connectivity index (χ4v) is 3.94. The van der Waals surface area contributed by atoms with Crippen molar-refractivity contribution in [1.82, 2.24) is 0 Å². The lowest BCUT2D eigenvalue weighted by molar-refractivity contribution is -0.0621. The molecule has 3 N–H and O–H groups in total. The predicted octanol–water partition coefficient (Wildman–Crippen LogP) is 4.29. The van der Waals surface area contributed by atoms with Gasteiger partial charge in [0, 0.05) is 6.42 Å². The molecule has 0 aromatic heterocycles. The minimum atomic E-state index is -1.05. The van der Waals surface area contributed by atoms with Gasteiger partial charge in [-0.25, -0.2) is 0 Å². The Labute approximate surface area is 176 Å². The average Bonchev–Trinajstić information content (AvgIpc) is 3.02. The zero-order valence-corrected chi connectivity index (χ0v) is 18.5. The molecule has 5 nitrogen and oxygen atoms in total. The molecule has 0 amide bonds. The van der Waals surface area contributed by atoms with Crippen LogP contribution < -0.4 is 0 Å². The summed E-state index contributed by atoms with van der Waals surface area (Å²) in [7, 11) is 0. The quantitative estimate of drug-likeness (QED) is 0.241. The zero-order chi connectivity index (χ0) is 20.6. The van der Waals surface area contributed by atoms with E-state index in [2.05, 4.69) is 6.92 Å². The largest absolute Gasteiger partial charge is 0.479 e. The lowest BCUT2D eigenvalue weighted by Crippen LogP contribution is -2.42. The highest BCUT2D eigenvalue weighted by Crippen LogP contribution is 2.20. The van der Waals surface area contributed by atoms with Crippen molar-refractivity contribution in [2.24, 2.45) is 0 Å². The minimum absolute atomic E-state index is 0.0529. The van der Waals surface area contributed by atoms with Crippen LogP contribution in [0.3, 0.4) is 0 Å². The normalized spacial score (nSPS) is 23.1. The third kappa shape index (κ3) is 11.1. The average molecular weight is 419 g/mol. The van der Waals surface area contributed by atoms with Crippen molar-refractivity contribution in [3.8, 4) is 0 Å². The van der Waals surface area contributed by atoms with Crippen molar-refractivity contribution >= 4 is 17.3 Å². The van der Waals surface area contributed by atoms with Crippen LogP contribution in [0.5, 0.6) is 0 Å². The highest BCUT2D eigenvalue weighted by molar-refractivity contribution is 7.80. The molecule has 6 heteroatoms. The summed E-state index contributed by atoms with van der Waals surface area (Å²) in [6.07, 6.45) is 14.2. The second kappa shape index (κ2) is 16.5. The molecule has 0 aromatic carbocycles. The molecule has 4 unspecified atom stereocenters. The van der Waals surface area contributed by atoms with E-state index in [4.69, 9.17) is 21.7 Å². The molecular weight excluding hydrogens is 376 g/mol. The van der Waals surface area contributed by atoms with Gasteiger partial charge in [-0.1, -0.05) is 84.0 Å². The van der Waals surface area contributed by atoms with Gasteiger partial charge in [-0.3, -0.25) is 0 Å². The van der Waals surface area contributed by atoms with Crippen LogP contribution in [0.25, 0.3) is 0 Å². The van der Waals surface area contributed by atoms with E-state index >= 15 is 0 Å². The number of hydrogen-bond acceptors (Lipinski definition) is 6. The number of aliphatic hydroxyl groups excluding tert-OH is 3. The van der Waals surface area contributed by atoms with Gasteiger partial charge in [0.05, 0.1) is 13.2 Å². The maximum Gasteiger partial charge on any atom is 0.160 e. The van der Waals surface area contributed by atoms with Crippen LogP contribution in [0.4, 0.5) is 0 Å². The molecule has 166 valence electrons. The van der Waals surface area contributed by atoms with Gasteiger partial charge in [-0.05, 0) is 18.6 Å². The molecular formula is C22H42O5S. The number of thiocarbonyl (C=S) groups is 1. The highest BCUT2D eigenvalue weighted by atomic mass is 32.1. The fourth-order valence-electron chi connectivity index (χ4n) is 3.68. The first-order chi connectivity index (χ1) is 13.6. The van der Waals surface area contributed by atoms with Gasteiger partial charge in [0.15, 0.2) is 11.2 Å². The summed E-state index contributed by atoms with van der Waals surface area (Å²) < 4.78 is 10.9. The Kier molecular flexibility index (Phi) is 15.2. The van der Waals surface area contributed by atoms with Gasteiger partial charge in [-0.2, -0.15) is 0 Å². The second-order valence-corrected chi connectivity index (χ2v) is 8.51. The SMILES string of the molecule is CCCCCCCCCCCCCCCC(=S)OC(CO)C1OCC(O)C1O. The van der Waals surface area contributed by atoms with Crippen molar-refractivity contribution in [3.05, 3.63) is 0 Å². The van der Waals surface area contributed by atoms with Crippen LogP contribution in [-0.4, -0.2) is 58.0 Å². The molecule has 1 rings (SSSR count). The summed E-state index contributed by atoms with van der Waals surface area (Å²) >= 11 is 5.25. The number of hydrogen-bond donors (Lipinski definition) is 3. The van der Waals surface area contributed by atoms with Crippen LogP contribution in [0.2, 0.25) is 0 Å². The number of ether oxygens (including phenoxy) is 2. The first kappa shape index (κ1) is 25.8. The Morgan fingerprint density at radius 1 is 0.929 bits per heavy atom. The van der Waals surface area contributed by atoms with Crippen LogP contribution in [0.1, 0.15) is 96.8 Å². The second-order valence-electron chi connectivity index (χ2n) is 8.06. The topological polar surface area (TPSA) is 79.2 Å². The van der Waals surface area contributed by atoms with Crippen molar-refractivity contribution < 1.29 is 24.8 Å². The first-order valence-corrected chi connectivity index (χ1v) is 11.8. The third-order valence-electron chi connectivity index (χ3n) is 5.50. The van der Waals surface area contributed by atoms with Gasteiger partial charge in [0.1, 0.15) is 18.3 Å². The molecule has 4 atom stereocenters. The summed E-state index contributed by atoms with van der Waals surface area (Å²) in [5, 5.41) is 29.3. The summed E-state index contributed by atoms with van der Waals surface area (Å²) in [5.74, 6) is 0. The smallest absolute Gasteiger partial charge is 0.160 e. The summed E-state index contributed by atoms with van der Waals surface area (Å²) in [4.78, 5) is 0. The molecule has 28 heavy (non-hydrogen) atoms. The third-order valence-corrected chi connectivity index (χ3v) is 5.80. The van der Waals surface area contributed by atoms with Crippen molar-refractivity contribution in [2.75, 3.05) is 13.2 Å². The van der Waals surface area contributed by atoms with Crippen LogP contribution in [-0.2, 0) is 9.47 Å². The van der Waals surface area contributed by atoms with Gasteiger partial charge in [0.2, 0.25) is 0 Å². The van der Waals surface area contributed by atoms with E-state index in [0.29, 0.717) is 11.5 Å². The molecule has 1 aliphatic heterocycles. The van der Waals surface area contributed by atoms with E-state index in [-0.39, 0.29) is 13.2 Å². The Bertz CT molecular complexity index is 393. The maximum absolute atomic E-state index is 9.86. The molecule has 0 aromatic rings. The zero-order valence-electron chi connectivity index (χ0n) is 17.7. The van der Waals surface area contributed by atoms with E-state index < -0.39 is 24.4 Å². The standard InChI is InChI=1S/C22H42O5S/c1-2-3-4-5-6-7-8-9-10-11-12-13-14-15-20(28)27-19(16-23)22-21(25)18(24)17-26-22/h18-19,21-25H,2-17H2,1H3. The van der Waals surface area contributed by atoms with Crippen molar-refractivity contribution in [1.29, 1.82) is 0 Å². The molecule has 1 fully saturated rings. The van der Waals surface area contributed by atoms with Crippen LogP contribution >= 0.6 is 12.2 Å². The van der Waals surface area contributed by atoms with Crippen molar-refractivity contribution in [3.63, 3.8) is 0 Å². The lowest BCUT2D eigenvalue weighted by atomic mass is 10.0. The summed E-state index contributed by atoms with van der Waals surface area (Å²) in [6.45, 7) is 2.01. The molecule has 1 aliphatic rings. The monoisotopic (exact) mass is 418 g/mol. The van der Waals surface area contributed by atoms with E-state index in [1.807, 2.05) is 0 Å². The van der Waals surface area contributed by atoms with E-state index in [9.17, 15) is 15.3 Å². The molecule has 0 radical (unpaired) electrons. The van der Waals surface area contributed by atoms with E-state index in [0.717, 1.165) is 12.8 Å². The Morgan fingerprint density at radius 3 is 1.86 bits per heavy atom. The molecule has 0 saturated carbocycles. The van der Waals surface area contributed by atoms with Crippen molar-refractivity contribution in [2.45, 2.75) is 121 Å². The fraction of sp³-hybridized carbons (Fsp3) is 0.955. The van der Waals surface area contributed by atoms with Gasteiger partial charge in [0.25, 0.3) is 0 Å².